The van der Waals surface area contributed by atoms with Gasteiger partial charge < -0.3 is 30.5 Å². The molecule has 0 spiro atoms. The first-order chi connectivity index (χ1) is 18.1. The molecule has 1 saturated carbocycles. The summed E-state index contributed by atoms with van der Waals surface area (Å²) in [7, 11) is 3.47. The molecule has 2 amide bonds. The van der Waals surface area contributed by atoms with Crippen molar-refractivity contribution in [3.8, 4) is 0 Å². The summed E-state index contributed by atoms with van der Waals surface area (Å²) in [6, 6.07) is 3.68. The molecule has 1 aliphatic carbocycles. The van der Waals surface area contributed by atoms with Crippen LogP contribution < -0.4 is 10.6 Å². The summed E-state index contributed by atoms with van der Waals surface area (Å²) >= 11 is 0. The maximum absolute atomic E-state index is 14.9. The molecule has 1 aromatic rings. The van der Waals surface area contributed by atoms with Crippen molar-refractivity contribution in [3.05, 3.63) is 35.4 Å². The molecule has 1 saturated heterocycles. The number of amides is 2. The Balaban J connectivity index is 1.70. The topological polar surface area (TPSA) is 94.1 Å². The second-order valence-corrected chi connectivity index (χ2v) is 11.6. The molecule has 0 radical (unpaired) electrons. The summed E-state index contributed by atoms with van der Waals surface area (Å²) in [4.78, 5) is 15.1. The SMILES string of the molecule is CNCC(CC1CCC(C)(O)CC1)NC(=O)N1CCC[C@@H]([C@@](O)(CCCCOC)c2cccc(F)c2F)C1. The number of likely N-dealkylation sites (N-methyl/N-ethyl adjacent to an activating group) is 1. The van der Waals surface area contributed by atoms with Gasteiger partial charge in [0.25, 0.3) is 0 Å². The van der Waals surface area contributed by atoms with E-state index in [0.29, 0.717) is 51.3 Å². The van der Waals surface area contributed by atoms with Gasteiger partial charge in [-0.1, -0.05) is 12.1 Å². The molecule has 3 rings (SSSR count). The zero-order valence-corrected chi connectivity index (χ0v) is 23.3. The molecule has 216 valence electrons. The van der Waals surface area contributed by atoms with Gasteiger partial charge in [-0.2, -0.15) is 0 Å². The van der Waals surface area contributed by atoms with Crippen LogP contribution in [0.1, 0.15) is 76.7 Å². The Morgan fingerprint density at radius 3 is 2.68 bits per heavy atom. The van der Waals surface area contributed by atoms with Crippen molar-refractivity contribution in [2.45, 2.75) is 88.4 Å². The molecule has 7 nitrogen and oxygen atoms in total. The second kappa shape index (κ2) is 14.0. The molecule has 1 unspecified atom stereocenters. The molecule has 0 bridgehead atoms. The van der Waals surface area contributed by atoms with Crippen LogP contribution in [0.15, 0.2) is 18.2 Å². The highest BCUT2D eigenvalue weighted by Crippen LogP contribution is 2.41. The zero-order chi connectivity index (χ0) is 27.8. The molecule has 1 heterocycles. The number of hydrogen-bond acceptors (Lipinski definition) is 5. The molecule has 4 N–H and O–H groups in total. The number of likely N-dealkylation sites (tertiary alicyclic amines) is 1. The maximum atomic E-state index is 14.9. The standard InChI is InChI=1S/C29H47F2N3O4/c1-28(36)14-11-21(12-15-28)18-23(19-32-2)33-27(35)34-16-7-8-22(20-34)29(37,13-4-5-17-38-3)24-9-6-10-25(30)26(24)31/h6,9-10,21-23,32,36-37H,4-5,7-8,11-20H2,1-3H3,(H,33,35)/t21?,22-,23?,28?,29+/m1/s1. The van der Waals surface area contributed by atoms with E-state index >= 15 is 0 Å². The second-order valence-electron chi connectivity index (χ2n) is 11.6. The lowest BCUT2D eigenvalue weighted by molar-refractivity contribution is -0.0592. The fourth-order valence-corrected chi connectivity index (χ4v) is 6.23. The fourth-order valence-electron chi connectivity index (χ4n) is 6.23. The smallest absolute Gasteiger partial charge is 0.317 e. The minimum atomic E-state index is -1.59. The maximum Gasteiger partial charge on any atom is 0.317 e. The predicted octanol–water partition coefficient (Wildman–Crippen LogP) is 4.31. The zero-order valence-electron chi connectivity index (χ0n) is 23.3. The van der Waals surface area contributed by atoms with Gasteiger partial charge in [0.2, 0.25) is 0 Å². The van der Waals surface area contributed by atoms with Crippen LogP contribution in [0.25, 0.3) is 0 Å². The molecule has 9 heteroatoms. The molecule has 2 fully saturated rings. The van der Waals surface area contributed by atoms with Crippen molar-refractivity contribution in [1.82, 2.24) is 15.5 Å². The number of benzene rings is 1. The third-order valence-electron chi connectivity index (χ3n) is 8.54. The number of nitrogens with zero attached hydrogens (tertiary/aromatic N) is 1. The lowest BCUT2D eigenvalue weighted by Crippen LogP contribution is -2.54. The summed E-state index contributed by atoms with van der Waals surface area (Å²) < 4.78 is 34.2. The van der Waals surface area contributed by atoms with E-state index in [9.17, 15) is 23.8 Å². The Morgan fingerprint density at radius 1 is 1.26 bits per heavy atom. The minimum absolute atomic E-state index is 0.0385. The molecule has 1 aromatic carbocycles. The van der Waals surface area contributed by atoms with Crippen LogP contribution in [0.2, 0.25) is 0 Å². The molecule has 2 aliphatic rings. The molecule has 1 aliphatic heterocycles. The number of carbonyl (C=O) groups is 1. The highest BCUT2D eigenvalue weighted by molar-refractivity contribution is 5.74. The van der Waals surface area contributed by atoms with Gasteiger partial charge in [-0.3, -0.25) is 0 Å². The number of hydrogen-bond donors (Lipinski definition) is 4. The predicted molar refractivity (Wildman–Crippen MR) is 144 cm³/mol. The number of methoxy groups -OCH3 is 1. The molecule has 3 atom stereocenters. The minimum Gasteiger partial charge on any atom is -0.390 e. The van der Waals surface area contributed by atoms with Crippen LogP contribution in [0.3, 0.4) is 0 Å². The Hall–Kier alpha value is -1.81. The number of nitrogens with one attached hydrogen (secondary N) is 2. The Labute approximate surface area is 226 Å². The van der Waals surface area contributed by atoms with Gasteiger partial charge in [-0.25, -0.2) is 13.6 Å². The van der Waals surface area contributed by atoms with Gasteiger partial charge in [0.15, 0.2) is 11.6 Å². The van der Waals surface area contributed by atoms with Gasteiger partial charge in [-0.05, 0) is 90.2 Å². The van der Waals surface area contributed by atoms with Crippen molar-refractivity contribution in [2.24, 2.45) is 11.8 Å². The van der Waals surface area contributed by atoms with Gasteiger partial charge in [0.05, 0.1) is 11.2 Å². The lowest BCUT2D eigenvalue weighted by atomic mass is 9.74. The van der Waals surface area contributed by atoms with E-state index < -0.39 is 28.8 Å². The molecular formula is C29H47F2N3O4. The number of carbonyl (C=O) groups excluding carboxylic acids is 1. The number of aliphatic hydroxyl groups is 2. The van der Waals surface area contributed by atoms with Crippen LogP contribution in [0, 0.1) is 23.5 Å². The van der Waals surface area contributed by atoms with E-state index in [0.717, 1.165) is 38.2 Å². The molecule has 0 aromatic heterocycles. The van der Waals surface area contributed by atoms with Gasteiger partial charge >= 0.3 is 6.03 Å². The highest BCUT2D eigenvalue weighted by Gasteiger charge is 2.43. The Kier molecular flexibility index (Phi) is 11.3. The van der Waals surface area contributed by atoms with Crippen LogP contribution in [0.4, 0.5) is 13.6 Å². The summed E-state index contributed by atoms with van der Waals surface area (Å²) in [6.07, 6.45) is 7.05. The number of piperidine rings is 1. The third-order valence-corrected chi connectivity index (χ3v) is 8.54. The number of halogens is 2. The van der Waals surface area contributed by atoms with E-state index in [1.807, 2.05) is 14.0 Å². The lowest BCUT2D eigenvalue weighted by Gasteiger charge is -2.43. The average Bonchev–Trinajstić information content (AvgIpc) is 2.89. The van der Waals surface area contributed by atoms with E-state index in [-0.39, 0.29) is 30.6 Å². The van der Waals surface area contributed by atoms with Gasteiger partial charge in [0, 0.05) is 50.9 Å². The first kappa shape index (κ1) is 30.7. The van der Waals surface area contributed by atoms with Crippen molar-refractivity contribution < 1.29 is 28.5 Å². The van der Waals surface area contributed by atoms with E-state index in [1.54, 1.807) is 12.0 Å². The van der Waals surface area contributed by atoms with Crippen molar-refractivity contribution in [2.75, 3.05) is 40.4 Å². The first-order valence-corrected chi connectivity index (χ1v) is 14.2. The molecule has 38 heavy (non-hydrogen) atoms. The van der Waals surface area contributed by atoms with Gasteiger partial charge in [-0.15, -0.1) is 0 Å². The quantitative estimate of drug-likeness (QED) is 0.297. The Morgan fingerprint density at radius 2 is 2.00 bits per heavy atom. The fraction of sp³-hybridized carbons (Fsp3) is 0.759. The van der Waals surface area contributed by atoms with Gasteiger partial charge in [0.1, 0.15) is 0 Å². The van der Waals surface area contributed by atoms with Crippen molar-refractivity contribution >= 4 is 6.03 Å². The van der Waals surface area contributed by atoms with Crippen LogP contribution in [0.5, 0.6) is 0 Å². The number of urea groups is 1. The summed E-state index contributed by atoms with van der Waals surface area (Å²) in [6.45, 7) is 3.85. The van der Waals surface area contributed by atoms with E-state index in [1.165, 1.54) is 12.1 Å². The summed E-state index contributed by atoms with van der Waals surface area (Å²) in [5.74, 6) is -1.99. The average molecular weight is 540 g/mol. The van der Waals surface area contributed by atoms with Crippen molar-refractivity contribution in [1.29, 1.82) is 0 Å². The monoisotopic (exact) mass is 539 g/mol. The molecular weight excluding hydrogens is 492 g/mol. The number of ether oxygens (including phenoxy) is 1. The first-order valence-electron chi connectivity index (χ1n) is 14.2. The largest absolute Gasteiger partial charge is 0.390 e. The Bertz CT molecular complexity index is 893. The summed E-state index contributed by atoms with van der Waals surface area (Å²) in [5.41, 5.74) is -2.23. The normalized spacial score (nSPS) is 26.6. The van der Waals surface area contributed by atoms with Crippen LogP contribution in [-0.2, 0) is 10.3 Å². The van der Waals surface area contributed by atoms with Crippen LogP contribution in [-0.4, -0.2) is 73.2 Å². The summed E-state index contributed by atoms with van der Waals surface area (Å²) in [5, 5.41) is 28.5. The van der Waals surface area contributed by atoms with Crippen LogP contribution >= 0.6 is 0 Å². The number of unbranched alkanes of at least 4 members (excludes halogenated alkanes) is 1. The van der Waals surface area contributed by atoms with E-state index in [4.69, 9.17) is 4.74 Å². The highest BCUT2D eigenvalue weighted by atomic mass is 19.2. The third kappa shape index (κ3) is 8.10. The number of rotatable bonds is 12. The van der Waals surface area contributed by atoms with Crippen molar-refractivity contribution in [3.63, 3.8) is 0 Å². The van der Waals surface area contributed by atoms with E-state index in [2.05, 4.69) is 10.6 Å².